The van der Waals surface area contributed by atoms with Crippen LogP contribution in [-0.2, 0) is 4.79 Å². The summed E-state index contributed by atoms with van der Waals surface area (Å²) in [6, 6.07) is 6.42. The molecule has 1 amide bonds. The second kappa shape index (κ2) is 7.21. The smallest absolute Gasteiger partial charge is 0.232 e. The van der Waals surface area contributed by atoms with Crippen LogP contribution in [0.4, 0.5) is 5.69 Å². The van der Waals surface area contributed by atoms with Crippen molar-refractivity contribution in [3.8, 4) is 0 Å². The number of hydrogen-bond acceptors (Lipinski definition) is 3. The average molecular weight is 306 g/mol. The highest BCUT2D eigenvalue weighted by molar-refractivity contribution is 8.00. The Labute approximate surface area is 132 Å². The average Bonchev–Trinajstić information content (AvgIpc) is 2.46. The molecule has 4 heteroatoms. The van der Waals surface area contributed by atoms with Crippen molar-refractivity contribution in [2.24, 2.45) is 5.92 Å². The van der Waals surface area contributed by atoms with Crippen molar-refractivity contribution in [3.63, 3.8) is 0 Å². The van der Waals surface area contributed by atoms with Crippen molar-refractivity contribution in [1.82, 2.24) is 4.90 Å². The molecule has 3 nitrogen and oxygen atoms in total. The Balaban J connectivity index is 1.86. The number of hydrogen-bond donors (Lipinski definition) is 1. The van der Waals surface area contributed by atoms with Crippen LogP contribution >= 0.6 is 11.8 Å². The minimum atomic E-state index is 0.208. The molecule has 1 aliphatic rings. The normalized spacial score (nSPS) is 22.0. The molecule has 1 aliphatic carbocycles. The maximum absolute atomic E-state index is 12.3. The van der Waals surface area contributed by atoms with Gasteiger partial charge in [0.25, 0.3) is 0 Å². The molecule has 0 radical (unpaired) electrons. The zero-order valence-electron chi connectivity index (χ0n) is 13.3. The second-order valence-electron chi connectivity index (χ2n) is 6.25. The third-order valence-corrected chi connectivity index (χ3v) is 5.52. The summed E-state index contributed by atoms with van der Waals surface area (Å²) in [6.07, 6.45) is 4.75. The lowest BCUT2D eigenvalue weighted by Gasteiger charge is -2.33. The first-order valence-electron chi connectivity index (χ1n) is 7.72. The largest absolute Gasteiger partial charge is 0.398 e. The number of anilines is 1. The van der Waals surface area contributed by atoms with Crippen molar-refractivity contribution < 1.29 is 4.79 Å². The van der Waals surface area contributed by atoms with E-state index in [1.165, 1.54) is 12.8 Å². The summed E-state index contributed by atoms with van der Waals surface area (Å²) in [5.74, 6) is 1.49. The van der Waals surface area contributed by atoms with Crippen molar-refractivity contribution in [1.29, 1.82) is 0 Å². The number of aryl methyl sites for hydroxylation is 1. The minimum Gasteiger partial charge on any atom is -0.398 e. The van der Waals surface area contributed by atoms with Crippen LogP contribution in [0.2, 0.25) is 0 Å². The van der Waals surface area contributed by atoms with Gasteiger partial charge in [0.1, 0.15) is 0 Å². The lowest BCUT2D eigenvalue weighted by Crippen LogP contribution is -2.40. The molecule has 0 heterocycles. The van der Waals surface area contributed by atoms with Crippen LogP contribution in [0, 0.1) is 12.8 Å². The van der Waals surface area contributed by atoms with E-state index in [1.807, 2.05) is 37.1 Å². The van der Waals surface area contributed by atoms with Gasteiger partial charge < -0.3 is 10.6 Å². The molecule has 0 bridgehead atoms. The first-order chi connectivity index (χ1) is 9.97. The predicted molar refractivity (Wildman–Crippen MR) is 90.5 cm³/mol. The van der Waals surface area contributed by atoms with Gasteiger partial charge in [0.2, 0.25) is 5.91 Å². The van der Waals surface area contributed by atoms with Gasteiger partial charge in [-0.1, -0.05) is 13.0 Å². The summed E-state index contributed by atoms with van der Waals surface area (Å²) in [6.45, 7) is 4.32. The fraction of sp³-hybridized carbons (Fsp3) is 0.588. The molecule has 0 aliphatic heterocycles. The standard InChI is InChI=1S/C17H26N2OS/c1-12-4-7-14(8-5-12)19(3)17(20)11-21-16-9-6-13(2)10-15(16)18/h6,9-10,12,14H,4-5,7-8,11,18H2,1-3H3. The number of carbonyl (C=O) groups excluding carboxylic acids is 1. The molecule has 2 rings (SSSR count). The molecule has 1 aromatic rings. The van der Waals surface area contributed by atoms with Gasteiger partial charge in [-0.15, -0.1) is 11.8 Å². The zero-order valence-corrected chi connectivity index (χ0v) is 14.1. The SMILES string of the molecule is Cc1ccc(SCC(=O)N(C)C2CCC(C)CC2)c(N)c1. The number of thioether (sulfide) groups is 1. The summed E-state index contributed by atoms with van der Waals surface area (Å²) in [5.41, 5.74) is 7.91. The highest BCUT2D eigenvalue weighted by atomic mass is 32.2. The quantitative estimate of drug-likeness (QED) is 0.681. The Bertz CT molecular complexity index is 496. The Morgan fingerprint density at radius 3 is 2.62 bits per heavy atom. The lowest BCUT2D eigenvalue weighted by molar-refractivity contribution is -0.129. The Kier molecular flexibility index (Phi) is 5.57. The van der Waals surface area contributed by atoms with Crippen LogP contribution in [0.3, 0.4) is 0 Å². The number of rotatable bonds is 4. The molecule has 21 heavy (non-hydrogen) atoms. The van der Waals surface area contributed by atoms with Gasteiger partial charge in [0.15, 0.2) is 0 Å². The number of nitrogen functional groups attached to an aromatic ring is 1. The molecule has 2 N–H and O–H groups in total. The number of nitrogens with zero attached hydrogens (tertiary/aromatic N) is 1. The van der Waals surface area contributed by atoms with E-state index in [4.69, 9.17) is 5.73 Å². The van der Waals surface area contributed by atoms with Crippen LogP contribution in [-0.4, -0.2) is 29.6 Å². The summed E-state index contributed by atoms with van der Waals surface area (Å²) in [4.78, 5) is 15.3. The van der Waals surface area contributed by atoms with Gasteiger partial charge in [-0.3, -0.25) is 4.79 Å². The third-order valence-electron chi connectivity index (χ3n) is 4.44. The Hall–Kier alpha value is -1.16. The van der Waals surface area contributed by atoms with E-state index < -0.39 is 0 Å². The van der Waals surface area contributed by atoms with Crippen LogP contribution in [0.15, 0.2) is 23.1 Å². The van der Waals surface area contributed by atoms with Crippen LogP contribution in [0.25, 0.3) is 0 Å². The van der Waals surface area contributed by atoms with E-state index in [2.05, 4.69) is 6.92 Å². The van der Waals surface area contributed by atoms with Crippen LogP contribution in [0.5, 0.6) is 0 Å². The van der Waals surface area contributed by atoms with E-state index in [9.17, 15) is 4.79 Å². The van der Waals surface area contributed by atoms with E-state index in [0.29, 0.717) is 11.8 Å². The minimum absolute atomic E-state index is 0.208. The summed E-state index contributed by atoms with van der Waals surface area (Å²) in [7, 11) is 1.95. The molecular formula is C17H26N2OS. The van der Waals surface area contributed by atoms with Crippen molar-refractivity contribution in [2.75, 3.05) is 18.5 Å². The maximum atomic E-state index is 12.3. The van der Waals surface area contributed by atoms with Crippen molar-refractivity contribution >= 4 is 23.4 Å². The van der Waals surface area contributed by atoms with Gasteiger partial charge in [-0.25, -0.2) is 0 Å². The van der Waals surface area contributed by atoms with Crippen LogP contribution < -0.4 is 5.73 Å². The van der Waals surface area contributed by atoms with Crippen LogP contribution in [0.1, 0.15) is 38.2 Å². The molecule has 0 aromatic heterocycles. The molecule has 0 saturated heterocycles. The van der Waals surface area contributed by atoms with Gasteiger partial charge >= 0.3 is 0 Å². The predicted octanol–water partition coefficient (Wildman–Crippen LogP) is 3.71. The monoisotopic (exact) mass is 306 g/mol. The third kappa shape index (κ3) is 4.40. The molecule has 1 fully saturated rings. The maximum Gasteiger partial charge on any atom is 0.232 e. The first kappa shape index (κ1) is 16.2. The fourth-order valence-corrected chi connectivity index (χ4v) is 3.75. The van der Waals surface area contributed by atoms with Gasteiger partial charge in [0, 0.05) is 23.7 Å². The summed E-state index contributed by atoms with van der Waals surface area (Å²) in [5, 5.41) is 0. The Morgan fingerprint density at radius 1 is 1.33 bits per heavy atom. The van der Waals surface area contributed by atoms with E-state index in [1.54, 1.807) is 11.8 Å². The molecule has 1 aromatic carbocycles. The highest BCUT2D eigenvalue weighted by Crippen LogP contribution is 2.29. The molecule has 0 unspecified atom stereocenters. The van der Waals surface area contributed by atoms with E-state index in [-0.39, 0.29) is 5.91 Å². The first-order valence-corrected chi connectivity index (χ1v) is 8.70. The summed E-state index contributed by atoms with van der Waals surface area (Å²) >= 11 is 1.54. The fourth-order valence-electron chi connectivity index (χ4n) is 2.87. The Morgan fingerprint density at radius 2 is 2.00 bits per heavy atom. The van der Waals surface area contributed by atoms with Crippen molar-refractivity contribution in [3.05, 3.63) is 23.8 Å². The van der Waals surface area contributed by atoms with Crippen molar-refractivity contribution in [2.45, 2.75) is 50.5 Å². The molecule has 116 valence electrons. The molecule has 0 atom stereocenters. The summed E-state index contributed by atoms with van der Waals surface area (Å²) < 4.78 is 0. The zero-order chi connectivity index (χ0) is 15.4. The topological polar surface area (TPSA) is 46.3 Å². The number of nitrogens with two attached hydrogens (primary N) is 1. The molecular weight excluding hydrogens is 280 g/mol. The van der Waals surface area contributed by atoms with Gasteiger partial charge in [-0.05, 0) is 56.2 Å². The van der Waals surface area contributed by atoms with E-state index in [0.717, 1.165) is 34.9 Å². The second-order valence-corrected chi connectivity index (χ2v) is 7.27. The van der Waals surface area contributed by atoms with Gasteiger partial charge in [-0.2, -0.15) is 0 Å². The van der Waals surface area contributed by atoms with Gasteiger partial charge in [0.05, 0.1) is 5.75 Å². The number of amides is 1. The molecule has 0 spiro atoms. The molecule has 1 saturated carbocycles. The number of carbonyl (C=O) groups is 1. The highest BCUT2D eigenvalue weighted by Gasteiger charge is 2.24. The number of benzene rings is 1. The van der Waals surface area contributed by atoms with E-state index >= 15 is 0 Å². The lowest BCUT2D eigenvalue weighted by atomic mass is 9.87.